The number of aliphatic imine (C=N–C) groups is 1. The van der Waals surface area contributed by atoms with E-state index in [1.165, 1.54) is 0 Å². The Bertz CT molecular complexity index is 920. The topological polar surface area (TPSA) is 62.5 Å². The third-order valence-electron chi connectivity index (χ3n) is 4.25. The molecule has 0 N–H and O–H groups in total. The molecule has 4 heteroatoms. The van der Waals surface area contributed by atoms with Gasteiger partial charge in [-0.1, -0.05) is 49.7 Å². The first-order chi connectivity index (χ1) is 12.2. The molecule has 3 rings (SSSR count). The smallest absolute Gasteiger partial charge is 0.338 e. The van der Waals surface area contributed by atoms with Gasteiger partial charge in [-0.2, -0.15) is 5.26 Å². The van der Waals surface area contributed by atoms with E-state index in [9.17, 15) is 10.1 Å². The van der Waals surface area contributed by atoms with Crippen molar-refractivity contribution >= 4 is 18.3 Å². The number of nitrogens with zero attached hydrogens (tertiary/aromatic N) is 2. The van der Waals surface area contributed by atoms with Gasteiger partial charge in [0.25, 0.3) is 0 Å². The molecule has 0 aliphatic heterocycles. The third-order valence-corrected chi connectivity index (χ3v) is 4.25. The first-order valence-corrected chi connectivity index (χ1v) is 8.24. The number of fused-ring (bicyclic) bond motifs is 3. The van der Waals surface area contributed by atoms with Gasteiger partial charge in [-0.25, -0.2) is 4.79 Å². The van der Waals surface area contributed by atoms with Crippen LogP contribution in [0.4, 0.5) is 0 Å². The lowest BCUT2D eigenvalue weighted by Crippen LogP contribution is -2.08. The van der Waals surface area contributed by atoms with Crippen molar-refractivity contribution in [2.24, 2.45) is 4.99 Å². The minimum Gasteiger partial charge on any atom is -0.462 e. The number of hydrogen-bond donors (Lipinski definition) is 0. The van der Waals surface area contributed by atoms with Gasteiger partial charge in [0, 0.05) is 11.1 Å². The Morgan fingerprint density at radius 2 is 1.88 bits per heavy atom. The second kappa shape index (κ2) is 7.14. The molecule has 0 bridgehead atoms. The number of carbonyl (C=O) groups is 1. The Labute approximate surface area is 147 Å². The van der Waals surface area contributed by atoms with Crippen molar-refractivity contribution in [1.82, 2.24) is 0 Å². The SMILES string of the molecule is C=N/C(C#N)=C1\c2ccccc2-c2c(C(=O)OCCCC)cccc21. The van der Waals surface area contributed by atoms with Crippen molar-refractivity contribution in [1.29, 1.82) is 5.26 Å². The van der Waals surface area contributed by atoms with E-state index in [2.05, 4.69) is 17.8 Å². The first-order valence-electron chi connectivity index (χ1n) is 8.24. The predicted molar refractivity (Wildman–Crippen MR) is 98.3 cm³/mol. The monoisotopic (exact) mass is 330 g/mol. The fourth-order valence-electron chi connectivity index (χ4n) is 3.10. The molecule has 0 saturated carbocycles. The number of ether oxygens (including phenoxy) is 1. The molecule has 2 aromatic rings. The molecule has 0 atom stereocenters. The van der Waals surface area contributed by atoms with E-state index in [4.69, 9.17) is 4.74 Å². The van der Waals surface area contributed by atoms with E-state index >= 15 is 0 Å². The summed E-state index contributed by atoms with van der Waals surface area (Å²) >= 11 is 0. The summed E-state index contributed by atoms with van der Waals surface area (Å²) < 4.78 is 5.40. The predicted octanol–water partition coefficient (Wildman–Crippen LogP) is 4.61. The third kappa shape index (κ3) is 2.85. The van der Waals surface area contributed by atoms with Crippen molar-refractivity contribution in [3.8, 4) is 17.2 Å². The Kier molecular flexibility index (Phi) is 4.76. The molecule has 1 aliphatic carbocycles. The second-order valence-corrected chi connectivity index (χ2v) is 5.76. The summed E-state index contributed by atoms with van der Waals surface area (Å²) in [5.74, 6) is -0.341. The van der Waals surface area contributed by atoms with E-state index in [0.717, 1.165) is 35.1 Å². The first kappa shape index (κ1) is 16.7. The van der Waals surface area contributed by atoms with Crippen LogP contribution in [0.2, 0.25) is 0 Å². The van der Waals surface area contributed by atoms with Crippen LogP contribution < -0.4 is 0 Å². The van der Waals surface area contributed by atoms with Crippen molar-refractivity contribution < 1.29 is 9.53 Å². The number of carbonyl (C=O) groups excluding carboxylic acids is 1. The molecule has 0 radical (unpaired) electrons. The van der Waals surface area contributed by atoms with Crippen LogP contribution in [0.5, 0.6) is 0 Å². The Balaban J connectivity index is 2.20. The molecule has 0 fully saturated rings. The normalized spacial score (nSPS) is 13.4. The van der Waals surface area contributed by atoms with E-state index in [1.807, 2.05) is 37.3 Å². The number of hydrogen-bond acceptors (Lipinski definition) is 4. The highest BCUT2D eigenvalue weighted by atomic mass is 16.5. The molecule has 1 aliphatic rings. The summed E-state index contributed by atoms with van der Waals surface area (Å²) in [5.41, 5.74) is 4.88. The lowest BCUT2D eigenvalue weighted by molar-refractivity contribution is 0.0500. The zero-order chi connectivity index (χ0) is 17.8. The number of allylic oxidation sites excluding steroid dienone is 1. The van der Waals surface area contributed by atoms with Crippen LogP contribution >= 0.6 is 0 Å². The van der Waals surface area contributed by atoms with Crippen LogP contribution in [-0.2, 0) is 4.74 Å². The molecule has 2 aromatic carbocycles. The molecule has 0 heterocycles. The summed E-state index contributed by atoms with van der Waals surface area (Å²) in [6.07, 6.45) is 1.80. The molecule has 0 amide bonds. The standard InChI is InChI=1S/C21H18N2O2/c1-3-4-12-25-21(24)17-11-7-10-16-19(17)14-8-5-6-9-15(14)20(16)18(13-22)23-2/h5-11H,2-4,12H2,1H3/b20-18+. The number of rotatable bonds is 5. The highest BCUT2D eigenvalue weighted by Gasteiger charge is 2.30. The quantitative estimate of drug-likeness (QED) is 0.297. The Hall–Kier alpha value is -3.19. The molecule has 0 saturated heterocycles. The maximum absolute atomic E-state index is 12.6. The molecule has 0 spiro atoms. The van der Waals surface area contributed by atoms with Crippen LogP contribution in [0.1, 0.15) is 41.3 Å². The molecule has 0 aromatic heterocycles. The fourth-order valence-corrected chi connectivity index (χ4v) is 3.10. The van der Waals surface area contributed by atoms with Gasteiger partial charge in [0.1, 0.15) is 11.8 Å². The molecule has 25 heavy (non-hydrogen) atoms. The molecule has 0 unspecified atom stereocenters. The van der Waals surface area contributed by atoms with Crippen molar-refractivity contribution in [2.45, 2.75) is 19.8 Å². The number of esters is 1. The summed E-state index contributed by atoms with van der Waals surface area (Å²) in [7, 11) is 0. The van der Waals surface area contributed by atoms with E-state index in [-0.39, 0.29) is 11.7 Å². The van der Waals surface area contributed by atoms with E-state index < -0.39 is 0 Å². The fraction of sp³-hybridized carbons (Fsp3) is 0.190. The Morgan fingerprint density at radius 3 is 2.56 bits per heavy atom. The van der Waals surface area contributed by atoms with Crippen LogP contribution in [0.15, 0.2) is 53.2 Å². The van der Waals surface area contributed by atoms with E-state index in [1.54, 1.807) is 12.1 Å². The van der Waals surface area contributed by atoms with Crippen LogP contribution in [-0.4, -0.2) is 19.3 Å². The van der Waals surface area contributed by atoms with Gasteiger partial charge >= 0.3 is 5.97 Å². The lowest BCUT2D eigenvalue weighted by atomic mass is 9.99. The zero-order valence-electron chi connectivity index (χ0n) is 14.1. The van der Waals surface area contributed by atoms with Gasteiger partial charge in [0.2, 0.25) is 0 Å². The largest absolute Gasteiger partial charge is 0.462 e. The number of unbranched alkanes of at least 4 members (excludes halogenated alkanes) is 1. The summed E-state index contributed by atoms with van der Waals surface area (Å²) in [6, 6.07) is 15.3. The van der Waals surface area contributed by atoms with Crippen molar-refractivity contribution in [3.63, 3.8) is 0 Å². The molecular weight excluding hydrogens is 312 g/mol. The summed E-state index contributed by atoms with van der Waals surface area (Å²) in [6.45, 7) is 5.96. The number of nitriles is 1. The summed E-state index contributed by atoms with van der Waals surface area (Å²) in [5, 5.41) is 9.43. The van der Waals surface area contributed by atoms with Gasteiger partial charge in [0.05, 0.1) is 12.2 Å². The van der Waals surface area contributed by atoms with Gasteiger partial charge in [0.15, 0.2) is 0 Å². The minimum atomic E-state index is -0.341. The molecule has 124 valence electrons. The average molecular weight is 330 g/mol. The highest BCUT2D eigenvalue weighted by Crippen LogP contribution is 2.47. The average Bonchev–Trinajstić information content (AvgIpc) is 2.98. The van der Waals surface area contributed by atoms with Crippen molar-refractivity contribution in [2.75, 3.05) is 6.61 Å². The van der Waals surface area contributed by atoms with Gasteiger partial charge in [-0.3, -0.25) is 4.99 Å². The van der Waals surface area contributed by atoms with Crippen LogP contribution in [0.3, 0.4) is 0 Å². The van der Waals surface area contributed by atoms with Gasteiger partial charge in [-0.05, 0) is 35.9 Å². The van der Waals surface area contributed by atoms with Crippen LogP contribution in [0, 0.1) is 11.3 Å². The highest BCUT2D eigenvalue weighted by molar-refractivity contribution is 6.10. The maximum Gasteiger partial charge on any atom is 0.338 e. The van der Waals surface area contributed by atoms with Crippen molar-refractivity contribution in [3.05, 3.63) is 64.9 Å². The zero-order valence-corrected chi connectivity index (χ0v) is 14.1. The summed E-state index contributed by atoms with van der Waals surface area (Å²) in [4.78, 5) is 16.4. The second-order valence-electron chi connectivity index (χ2n) is 5.76. The van der Waals surface area contributed by atoms with Crippen LogP contribution in [0.25, 0.3) is 16.7 Å². The van der Waals surface area contributed by atoms with Gasteiger partial charge in [-0.15, -0.1) is 0 Å². The minimum absolute atomic E-state index is 0.253. The lowest BCUT2D eigenvalue weighted by Gasteiger charge is -2.09. The molecular formula is C21H18N2O2. The number of benzene rings is 2. The van der Waals surface area contributed by atoms with E-state index in [0.29, 0.717) is 17.7 Å². The van der Waals surface area contributed by atoms with Gasteiger partial charge < -0.3 is 4.74 Å². The molecule has 4 nitrogen and oxygen atoms in total. The Morgan fingerprint density at radius 1 is 1.16 bits per heavy atom. The maximum atomic E-state index is 12.6.